The van der Waals surface area contributed by atoms with Gasteiger partial charge in [0.15, 0.2) is 0 Å². The molecule has 0 N–H and O–H groups in total. The molecular weight excluding hydrogens is 246 g/mol. The fourth-order valence-electron chi connectivity index (χ4n) is 1.91. The molecule has 88 valence electrons. The molecule has 0 saturated heterocycles. The summed E-state index contributed by atoms with van der Waals surface area (Å²) in [5, 5.41) is 0. The summed E-state index contributed by atoms with van der Waals surface area (Å²) < 4.78 is 22.4. The van der Waals surface area contributed by atoms with E-state index in [0.29, 0.717) is 6.04 Å². The molecule has 0 saturated carbocycles. The van der Waals surface area contributed by atoms with Crippen LogP contribution in [-0.4, -0.2) is 19.4 Å². The monoisotopic (exact) mass is 259 g/mol. The summed E-state index contributed by atoms with van der Waals surface area (Å²) in [4.78, 5) is 2.48. The molecule has 3 nitrogen and oxygen atoms in total. The molecule has 0 fully saturated rings. The van der Waals surface area contributed by atoms with Gasteiger partial charge in [-0.2, -0.15) is 0 Å². The quantitative estimate of drug-likeness (QED) is 0.765. The van der Waals surface area contributed by atoms with Crippen molar-refractivity contribution in [3.63, 3.8) is 0 Å². The third-order valence-electron chi connectivity index (χ3n) is 2.94. The molecule has 0 aromatic heterocycles. The SMILES string of the molecule is CC(C)N1Cc2ccc(S(=O)(=O)Cl)cc2C1. The second-order valence-electron chi connectivity index (χ2n) is 4.37. The summed E-state index contributed by atoms with van der Waals surface area (Å²) in [6.45, 7) is 5.94. The zero-order chi connectivity index (χ0) is 11.9. The first-order chi connectivity index (χ1) is 7.38. The Balaban J connectivity index is 2.35. The van der Waals surface area contributed by atoms with Crippen LogP contribution in [0.2, 0.25) is 0 Å². The maximum absolute atomic E-state index is 11.2. The van der Waals surface area contributed by atoms with Gasteiger partial charge in [0.1, 0.15) is 0 Å². The van der Waals surface area contributed by atoms with E-state index < -0.39 is 9.05 Å². The number of rotatable bonds is 2. The Morgan fingerprint density at radius 1 is 1.25 bits per heavy atom. The zero-order valence-corrected chi connectivity index (χ0v) is 10.8. The minimum atomic E-state index is -3.61. The van der Waals surface area contributed by atoms with Crippen molar-refractivity contribution in [1.29, 1.82) is 0 Å². The van der Waals surface area contributed by atoms with Gasteiger partial charge in [-0.05, 0) is 37.1 Å². The summed E-state index contributed by atoms with van der Waals surface area (Å²) in [5.74, 6) is 0. The summed E-state index contributed by atoms with van der Waals surface area (Å²) in [5.41, 5.74) is 2.26. The summed E-state index contributed by atoms with van der Waals surface area (Å²) in [6, 6.07) is 5.57. The van der Waals surface area contributed by atoms with Crippen molar-refractivity contribution in [2.75, 3.05) is 0 Å². The molecular formula is C11H14ClNO2S. The van der Waals surface area contributed by atoms with Gasteiger partial charge in [0.25, 0.3) is 9.05 Å². The Bertz CT molecular complexity index is 511. The van der Waals surface area contributed by atoms with Crippen molar-refractivity contribution in [1.82, 2.24) is 4.90 Å². The highest BCUT2D eigenvalue weighted by Crippen LogP contribution is 2.27. The van der Waals surface area contributed by atoms with Gasteiger partial charge in [0.2, 0.25) is 0 Å². The van der Waals surface area contributed by atoms with E-state index in [2.05, 4.69) is 18.7 Å². The van der Waals surface area contributed by atoms with Gasteiger partial charge in [-0.15, -0.1) is 0 Å². The number of benzene rings is 1. The smallest absolute Gasteiger partial charge is 0.261 e. The molecule has 0 bridgehead atoms. The van der Waals surface area contributed by atoms with Crippen LogP contribution in [0.15, 0.2) is 23.1 Å². The molecule has 0 spiro atoms. The van der Waals surface area contributed by atoms with E-state index in [1.54, 1.807) is 12.1 Å². The van der Waals surface area contributed by atoms with Crippen LogP contribution in [0.1, 0.15) is 25.0 Å². The Morgan fingerprint density at radius 3 is 2.44 bits per heavy atom. The molecule has 1 aliphatic heterocycles. The normalized spacial score (nSPS) is 16.8. The summed E-state index contributed by atoms with van der Waals surface area (Å²) in [6.07, 6.45) is 0. The molecule has 1 aromatic carbocycles. The van der Waals surface area contributed by atoms with Crippen LogP contribution >= 0.6 is 10.7 Å². The molecule has 0 radical (unpaired) electrons. The van der Waals surface area contributed by atoms with E-state index in [1.807, 2.05) is 6.07 Å². The first-order valence-corrected chi connectivity index (χ1v) is 7.49. The summed E-state index contributed by atoms with van der Waals surface area (Å²) in [7, 11) is 1.71. The van der Waals surface area contributed by atoms with Crippen molar-refractivity contribution < 1.29 is 8.42 Å². The van der Waals surface area contributed by atoms with Crippen LogP contribution in [0.4, 0.5) is 0 Å². The zero-order valence-electron chi connectivity index (χ0n) is 9.27. The molecule has 0 amide bonds. The topological polar surface area (TPSA) is 37.4 Å². The molecule has 1 heterocycles. The van der Waals surface area contributed by atoms with Crippen molar-refractivity contribution in [3.05, 3.63) is 29.3 Å². The predicted molar refractivity (Wildman–Crippen MR) is 63.9 cm³/mol. The van der Waals surface area contributed by atoms with Crippen molar-refractivity contribution in [2.45, 2.75) is 37.9 Å². The average Bonchev–Trinajstić information content (AvgIpc) is 2.58. The number of hydrogen-bond donors (Lipinski definition) is 0. The van der Waals surface area contributed by atoms with E-state index in [4.69, 9.17) is 10.7 Å². The first kappa shape index (κ1) is 11.9. The van der Waals surface area contributed by atoms with Gasteiger partial charge >= 0.3 is 0 Å². The second-order valence-corrected chi connectivity index (χ2v) is 6.93. The van der Waals surface area contributed by atoms with Gasteiger partial charge < -0.3 is 0 Å². The molecule has 2 rings (SSSR count). The molecule has 0 aliphatic carbocycles. The van der Waals surface area contributed by atoms with Gasteiger partial charge in [-0.1, -0.05) is 6.07 Å². The lowest BCUT2D eigenvalue weighted by molar-refractivity contribution is 0.227. The number of nitrogens with zero attached hydrogens (tertiary/aromatic N) is 1. The van der Waals surface area contributed by atoms with Gasteiger partial charge in [0.05, 0.1) is 4.90 Å². The fourth-order valence-corrected chi connectivity index (χ4v) is 2.72. The first-order valence-electron chi connectivity index (χ1n) is 5.18. The highest BCUT2D eigenvalue weighted by molar-refractivity contribution is 8.13. The van der Waals surface area contributed by atoms with Crippen LogP contribution in [0.25, 0.3) is 0 Å². The lowest BCUT2D eigenvalue weighted by atomic mass is 10.1. The average molecular weight is 260 g/mol. The van der Waals surface area contributed by atoms with Gasteiger partial charge in [-0.3, -0.25) is 4.90 Å². The van der Waals surface area contributed by atoms with Crippen molar-refractivity contribution in [3.8, 4) is 0 Å². The minimum absolute atomic E-state index is 0.193. The minimum Gasteiger partial charge on any atom is -0.292 e. The molecule has 1 aliphatic rings. The van der Waals surface area contributed by atoms with Crippen LogP contribution in [0, 0.1) is 0 Å². The Kier molecular flexibility index (Phi) is 2.99. The van der Waals surface area contributed by atoms with E-state index in [9.17, 15) is 8.42 Å². The third-order valence-corrected chi connectivity index (χ3v) is 4.29. The van der Waals surface area contributed by atoms with Gasteiger partial charge in [-0.25, -0.2) is 8.42 Å². The van der Waals surface area contributed by atoms with Crippen LogP contribution in [-0.2, 0) is 22.1 Å². The van der Waals surface area contributed by atoms with E-state index in [0.717, 1.165) is 18.7 Å². The molecule has 5 heteroatoms. The maximum Gasteiger partial charge on any atom is 0.261 e. The molecule has 0 atom stereocenters. The van der Waals surface area contributed by atoms with Crippen LogP contribution in [0.5, 0.6) is 0 Å². The molecule has 1 aromatic rings. The number of hydrogen-bond acceptors (Lipinski definition) is 3. The highest BCUT2D eigenvalue weighted by atomic mass is 35.7. The van der Waals surface area contributed by atoms with Crippen LogP contribution in [0.3, 0.4) is 0 Å². The third kappa shape index (κ3) is 2.24. The number of fused-ring (bicyclic) bond motifs is 1. The largest absolute Gasteiger partial charge is 0.292 e. The summed E-state index contributed by atoms with van der Waals surface area (Å²) >= 11 is 0. The van der Waals surface area contributed by atoms with Crippen LogP contribution < -0.4 is 0 Å². The van der Waals surface area contributed by atoms with E-state index >= 15 is 0 Å². The number of halogens is 1. The standard InChI is InChI=1S/C11H14ClNO2S/c1-8(2)13-6-9-3-4-11(16(12,14)15)5-10(9)7-13/h3-5,8H,6-7H2,1-2H3. The highest BCUT2D eigenvalue weighted by Gasteiger charge is 2.22. The van der Waals surface area contributed by atoms with Gasteiger partial charge in [0, 0.05) is 29.8 Å². The van der Waals surface area contributed by atoms with Crippen molar-refractivity contribution >= 4 is 19.7 Å². The molecule has 16 heavy (non-hydrogen) atoms. The van der Waals surface area contributed by atoms with Crippen molar-refractivity contribution in [2.24, 2.45) is 0 Å². The lowest BCUT2D eigenvalue weighted by Crippen LogP contribution is -2.24. The molecule has 0 unspecified atom stereocenters. The maximum atomic E-state index is 11.2. The van der Waals surface area contributed by atoms with E-state index in [-0.39, 0.29) is 4.90 Å². The fraction of sp³-hybridized carbons (Fsp3) is 0.455. The lowest BCUT2D eigenvalue weighted by Gasteiger charge is -2.18. The Labute approximate surface area is 100 Å². The Hall–Kier alpha value is -0.580. The Morgan fingerprint density at radius 2 is 1.88 bits per heavy atom. The second kappa shape index (κ2) is 4.02. The van der Waals surface area contributed by atoms with E-state index in [1.165, 1.54) is 5.56 Å². The predicted octanol–water partition coefficient (Wildman–Crippen LogP) is 2.34.